The van der Waals surface area contributed by atoms with E-state index in [1.54, 1.807) is 37.4 Å². The zero-order chi connectivity index (χ0) is 24.8. The van der Waals surface area contributed by atoms with Crippen molar-refractivity contribution in [2.24, 2.45) is 0 Å². The number of ether oxygens (including phenoxy) is 1. The van der Waals surface area contributed by atoms with E-state index in [4.69, 9.17) is 4.74 Å². The number of hydrazine groups is 1. The smallest absolute Gasteiger partial charge is 0.270 e. The van der Waals surface area contributed by atoms with Gasteiger partial charge in [-0.1, -0.05) is 36.4 Å². The van der Waals surface area contributed by atoms with Gasteiger partial charge in [-0.05, 0) is 41.3 Å². The number of pyridine rings is 1. The minimum atomic E-state index is -0.567. The lowest BCUT2D eigenvalue weighted by atomic mass is 10.0. The number of amides is 3. The fraction of sp³-hybridized carbons (Fsp3) is 0.154. The molecule has 0 fully saturated rings. The topological polar surface area (TPSA) is 109 Å². The van der Waals surface area contributed by atoms with Crippen molar-refractivity contribution >= 4 is 40.0 Å². The Hall–Kier alpha value is -4.24. The van der Waals surface area contributed by atoms with Crippen LogP contribution in [-0.2, 0) is 9.59 Å². The Kier molecular flexibility index (Phi) is 7.37. The molecular weight excluding hydrogens is 464 g/mol. The van der Waals surface area contributed by atoms with E-state index >= 15 is 0 Å². The van der Waals surface area contributed by atoms with E-state index < -0.39 is 17.9 Å². The standard InChI is InChI=1S/C26H24N4O4S/c1-16(31)27-22(17-9-11-18(34-2)12-10-17)15-25(32)29-30-26(33)20-14-23(24-8-5-13-35-24)28-21-7-4-3-6-19(20)21/h3-14,22H,15H2,1-2H3,(H,27,31)(H,29,32)(H,30,33). The maximum atomic E-state index is 13.1. The molecular formula is C26H24N4O4S. The molecule has 0 saturated heterocycles. The molecule has 4 rings (SSSR count). The Balaban J connectivity index is 1.49. The molecule has 0 aliphatic carbocycles. The van der Waals surface area contributed by atoms with Crippen molar-refractivity contribution in [3.8, 4) is 16.3 Å². The van der Waals surface area contributed by atoms with Crippen LogP contribution in [-0.4, -0.2) is 29.8 Å². The Labute approximate surface area is 206 Å². The van der Waals surface area contributed by atoms with Gasteiger partial charge in [0.1, 0.15) is 5.75 Å². The highest BCUT2D eigenvalue weighted by Crippen LogP contribution is 2.28. The zero-order valence-electron chi connectivity index (χ0n) is 19.2. The number of hydrogen-bond donors (Lipinski definition) is 3. The lowest BCUT2D eigenvalue weighted by Gasteiger charge is -2.19. The molecule has 2 aromatic carbocycles. The number of fused-ring (bicyclic) bond motifs is 1. The summed E-state index contributed by atoms with van der Waals surface area (Å²) in [5.41, 5.74) is 7.46. The molecule has 9 heteroatoms. The quantitative estimate of drug-likeness (QED) is 0.341. The van der Waals surface area contributed by atoms with Crippen LogP contribution in [0.1, 0.15) is 35.3 Å². The fourth-order valence-electron chi connectivity index (χ4n) is 3.68. The first-order valence-corrected chi connectivity index (χ1v) is 11.8. The summed E-state index contributed by atoms with van der Waals surface area (Å²) in [4.78, 5) is 43.0. The molecule has 2 aromatic heterocycles. The molecule has 35 heavy (non-hydrogen) atoms. The number of aromatic nitrogens is 1. The van der Waals surface area contributed by atoms with Crippen LogP contribution in [0.3, 0.4) is 0 Å². The van der Waals surface area contributed by atoms with E-state index in [-0.39, 0.29) is 12.3 Å². The maximum Gasteiger partial charge on any atom is 0.270 e. The summed E-state index contributed by atoms with van der Waals surface area (Å²) >= 11 is 1.53. The van der Waals surface area contributed by atoms with Gasteiger partial charge in [0.25, 0.3) is 5.91 Å². The minimum Gasteiger partial charge on any atom is -0.497 e. The van der Waals surface area contributed by atoms with Crippen LogP contribution < -0.4 is 20.9 Å². The van der Waals surface area contributed by atoms with Crippen molar-refractivity contribution in [1.82, 2.24) is 21.2 Å². The van der Waals surface area contributed by atoms with Crippen LogP contribution in [0.25, 0.3) is 21.5 Å². The average molecular weight is 489 g/mol. The van der Waals surface area contributed by atoms with Gasteiger partial charge < -0.3 is 10.1 Å². The number of carbonyl (C=O) groups excluding carboxylic acids is 3. The van der Waals surface area contributed by atoms with Gasteiger partial charge in [0.2, 0.25) is 11.8 Å². The van der Waals surface area contributed by atoms with E-state index in [9.17, 15) is 14.4 Å². The second-order valence-electron chi connectivity index (χ2n) is 7.78. The van der Waals surface area contributed by atoms with Crippen molar-refractivity contribution in [1.29, 1.82) is 0 Å². The van der Waals surface area contributed by atoms with Gasteiger partial charge in [-0.3, -0.25) is 25.2 Å². The third-order valence-corrected chi connectivity index (χ3v) is 6.23. The number of thiophene rings is 1. The SMILES string of the molecule is COc1ccc(C(CC(=O)NNC(=O)c2cc(-c3cccs3)nc3ccccc23)NC(C)=O)cc1. The average Bonchev–Trinajstić information content (AvgIpc) is 3.41. The highest BCUT2D eigenvalue weighted by molar-refractivity contribution is 7.13. The van der Waals surface area contributed by atoms with E-state index in [0.29, 0.717) is 27.9 Å². The van der Waals surface area contributed by atoms with Gasteiger partial charge in [0.15, 0.2) is 0 Å². The van der Waals surface area contributed by atoms with Crippen LogP contribution in [0.2, 0.25) is 0 Å². The van der Waals surface area contributed by atoms with Crippen molar-refractivity contribution in [3.63, 3.8) is 0 Å². The van der Waals surface area contributed by atoms with Crippen molar-refractivity contribution in [2.75, 3.05) is 7.11 Å². The van der Waals surface area contributed by atoms with Crippen molar-refractivity contribution in [3.05, 3.63) is 83.2 Å². The molecule has 8 nitrogen and oxygen atoms in total. The molecule has 1 unspecified atom stereocenters. The third-order valence-electron chi connectivity index (χ3n) is 5.34. The maximum absolute atomic E-state index is 13.1. The van der Waals surface area contributed by atoms with E-state index in [0.717, 1.165) is 10.4 Å². The molecule has 0 radical (unpaired) electrons. The summed E-state index contributed by atoms with van der Waals surface area (Å²) in [5, 5.41) is 5.39. The first-order chi connectivity index (χ1) is 16.9. The number of rotatable bonds is 7. The van der Waals surface area contributed by atoms with E-state index in [2.05, 4.69) is 21.2 Å². The normalized spacial score (nSPS) is 11.5. The molecule has 4 aromatic rings. The van der Waals surface area contributed by atoms with Gasteiger partial charge in [-0.25, -0.2) is 4.98 Å². The van der Waals surface area contributed by atoms with Gasteiger partial charge in [0.05, 0.1) is 41.2 Å². The highest BCUT2D eigenvalue weighted by atomic mass is 32.1. The van der Waals surface area contributed by atoms with Crippen LogP contribution >= 0.6 is 11.3 Å². The van der Waals surface area contributed by atoms with E-state index in [1.807, 2.05) is 41.8 Å². The molecule has 178 valence electrons. The zero-order valence-corrected chi connectivity index (χ0v) is 20.0. The fourth-order valence-corrected chi connectivity index (χ4v) is 4.36. The first-order valence-electron chi connectivity index (χ1n) is 10.9. The van der Waals surface area contributed by atoms with Crippen molar-refractivity contribution < 1.29 is 19.1 Å². The van der Waals surface area contributed by atoms with Gasteiger partial charge in [-0.15, -0.1) is 11.3 Å². The van der Waals surface area contributed by atoms with E-state index in [1.165, 1.54) is 18.3 Å². The largest absolute Gasteiger partial charge is 0.497 e. The summed E-state index contributed by atoms with van der Waals surface area (Å²) in [6, 6.07) is 19.4. The lowest BCUT2D eigenvalue weighted by molar-refractivity contribution is -0.123. The number of nitrogens with zero attached hydrogens (tertiary/aromatic N) is 1. The Morgan fingerprint density at radius 3 is 2.46 bits per heavy atom. The van der Waals surface area contributed by atoms with Crippen LogP contribution in [0.4, 0.5) is 0 Å². The summed E-state index contributed by atoms with van der Waals surface area (Å²) < 4.78 is 5.16. The molecule has 0 spiro atoms. The highest BCUT2D eigenvalue weighted by Gasteiger charge is 2.19. The predicted octanol–water partition coefficient (Wildman–Crippen LogP) is 4.00. The third kappa shape index (κ3) is 5.82. The molecule has 0 bridgehead atoms. The summed E-state index contributed by atoms with van der Waals surface area (Å²) in [5.74, 6) is -0.523. The number of benzene rings is 2. The predicted molar refractivity (Wildman–Crippen MR) is 135 cm³/mol. The monoisotopic (exact) mass is 488 g/mol. The summed E-state index contributed by atoms with van der Waals surface area (Å²) in [6.45, 7) is 1.38. The number of hydrogen-bond acceptors (Lipinski definition) is 6. The number of nitrogens with one attached hydrogen (secondary N) is 3. The number of para-hydroxylation sites is 1. The van der Waals surface area contributed by atoms with Gasteiger partial charge >= 0.3 is 0 Å². The van der Waals surface area contributed by atoms with Crippen LogP contribution in [0.15, 0.2) is 72.1 Å². The van der Waals surface area contributed by atoms with Gasteiger partial charge in [-0.2, -0.15) is 0 Å². The first kappa shape index (κ1) is 23.9. The Bertz CT molecular complexity index is 1350. The minimum absolute atomic E-state index is 0.0657. The number of carbonyl (C=O) groups is 3. The van der Waals surface area contributed by atoms with Crippen LogP contribution in [0.5, 0.6) is 5.75 Å². The van der Waals surface area contributed by atoms with Crippen LogP contribution in [0, 0.1) is 0 Å². The second kappa shape index (κ2) is 10.8. The van der Waals surface area contributed by atoms with Crippen molar-refractivity contribution in [2.45, 2.75) is 19.4 Å². The lowest BCUT2D eigenvalue weighted by Crippen LogP contribution is -2.43. The summed E-state index contributed by atoms with van der Waals surface area (Å²) in [6.07, 6.45) is -0.0657. The summed E-state index contributed by atoms with van der Waals surface area (Å²) in [7, 11) is 1.56. The molecule has 0 aliphatic rings. The molecule has 3 N–H and O–H groups in total. The molecule has 0 aliphatic heterocycles. The second-order valence-corrected chi connectivity index (χ2v) is 8.73. The molecule has 3 amide bonds. The molecule has 0 saturated carbocycles. The number of methoxy groups -OCH3 is 1. The Morgan fingerprint density at radius 2 is 1.77 bits per heavy atom. The van der Waals surface area contributed by atoms with Gasteiger partial charge in [0, 0.05) is 12.3 Å². The molecule has 2 heterocycles. The Morgan fingerprint density at radius 1 is 1.00 bits per heavy atom. The molecule has 1 atom stereocenters.